The summed E-state index contributed by atoms with van der Waals surface area (Å²) in [7, 11) is 0. The van der Waals surface area contributed by atoms with Gasteiger partial charge in [0.15, 0.2) is 0 Å². The second-order valence-corrected chi connectivity index (χ2v) is 3.07. The average molecular weight is 171 g/mol. The molecule has 71 valence electrons. The molecule has 0 aromatic carbocycles. The van der Waals surface area contributed by atoms with Crippen LogP contribution in [0.1, 0.15) is 33.1 Å². The van der Waals surface area contributed by atoms with Gasteiger partial charge in [0.1, 0.15) is 5.60 Å². The first-order valence-electron chi connectivity index (χ1n) is 4.48. The molecule has 2 heteroatoms. The van der Waals surface area contributed by atoms with E-state index in [-0.39, 0.29) is 0 Å². The summed E-state index contributed by atoms with van der Waals surface area (Å²) in [5.74, 6) is 0. The van der Waals surface area contributed by atoms with E-state index in [0.29, 0.717) is 12.8 Å². The number of hydrogen-bond acceptors (Lipinski definition) is 2. The summed E-state index contributed by atoms with van der Waals surface area (Å²) in [5.41, 5.74) is -1.08. The first-order chi connectivity index (χ1) is 5.60. The molecule has 2 nitrogen and oxygen atoms in total. The molecule has 0 fully saturated rings. The summed E-state index contributed by atoms with van der Waals surface area (Å²) in [6.45, 7) is 7.34. The maximum atomic E-state index is 9.90. The lowest BCUT2D eigenvalue weighted by molar-refractivity contribution is -0.0463. The third-order valence-corrected chi connectivity index (χ3v) is 2.02. The van der Waals surface area contributed by atoms with E-state index in [0.717, 1.165) is 6.42 Å². The largest absolute Gasteiger partial charge is 0.390 e. The van der Waals surface area contributed by atoms with Crippen molar-refractivity contribution in [3.63, 3.8) is 0 Å². The molecule has 0 bridgehead atoms. The van der Waals surface area contributed by atoms with Gasteiger partial charge in [0.2, 0.25) is 0 Å². The third kappa shape index (κ3) is 2.95. The van der Waals surface area contributed by atoms with Gasteiger partial charge in [-0.3, -0.25) is 0 Å². The molecule has 0 aromatic heterocycles. The number of hydrogen-bond donors (Lipinski definition) is 2. The number of allylic oxidation sites excluding steroid dienone is 1. The molecule has 2 unspecified atom stereocenters. The number of rotatable bonds is 5. The molecular formula is C10H19O2. The minimum Gasteiger partial charge on any atom is -0.390 e. The summed E-state index contributed by atoms with van der Waals surface area (Å²) in [5, 5.41) is 19.4. The highest BCUT2D eigenvalue weighted by molar-refractivity contribution is 5.05. The Morgan fingerprint density at radius 2 is 2.08 bits per heavy atom. The first kappa shape index (κ1) is 11.7. The maximum Gasteiger partial charge on any atom is 0.108 e. The number of aliphatic hydroxyl groups is 2. The predicted octanol–water partition coefficient (Wildman–Crippen LogP) is 1.68. The summed E-state index contributed by atoms with van der Waals surface area (Å²) in [6.07, 6.45) is 4.40. The van der Waals surface area contributed by atoms with Gasteiger partial charge in [-0.1, -0.05) is 32.4 Å². The molecule has 1 radical (unpaired) electrons. The smallest absolute Gasteiger partial charge is 0.108 e. The van der Waals surface area contributed by atoms with Crippen molar-refractivity contribution in [2.45, 2.75) is 44.8 Å². The standard InChI is InChI=1S/C10H19O2/c1-4-7-10(12,8-5-2)9(11)6-3/h4,7,9,11-12H,1,5-6,8H2,2-3H3/b7-4+. The van der Waals surface area contributed by atoms with Gasteiger partial charge < -0.3 is 10.2 Å². The lowest BCUT2D eigenvalue weighted by Crippen LogP contribution is -2.39. The fourth-order valence-corrected chi connectivity index (χ4v) is 1.32. The van der Waals surface area contributed by atoms with Crippen LogP contribution in [0.2, 0.25) is 0 Å². The minimum absolute atomic E-state index is 0.556. The van der Waals surface area contributed by atoms with E-state index >= 15 is 0 Å². The highest BCUT2D eigenvalue weighted by Gasteiger charge is 2.29. The van der Waals surface area contributed by atoms with E-state index in [2.05, 4.69) is 6.92 Å². The van der Waals surface area contributed by atoms with Crippen molar-refractivity contribution < 1.29 is 10.2 Å². The quantitative estimate of drug-likeness (QED) is 0.660. The molecule has 0 aromatic rings. The lowest BCUT2D eigenvalue weighted by atomic mass is 9.89. The molecule has 0 aliphatic carbocycles. The zero-order valence-corrected chi connectivity index (χ0v) is 7.95. The highest BCUT2D eigenvalue weighted by Crippen LogP contribution is 2.21. The SMILES string of the molecule is [CH2]/C=C/C(O)(CCC)C(O)CC. The summed E-state index contributed by atoms with van der Waals surface area (Å²) < 4.78 is 0. The Labute approximate surface area is 74.9 Å². The lowest BCUT2D eigenvalue weighted by Gasteiger charge is -2.29. The van der Waals surface area contributed by atoms with Crippen molar-refractivity contribution in [1.29, 1.82) is 0 Å². The molecule has 2 N–H and O–H groups in total. The van der Waals surface area contributed by atoms with E-state index in [9.17, 15) is 10.2 Å². The summed E-state index contributed by atoms with van der Waals surface area (Å²) >= 11 is 0. The molecule has 0 heterocycles. The Bertz CT molecular complexity index is 143. The fourth-order valence-electron chi connectivity index (χ4n) is 1.32. The molecule has 0 saturated carbocycles. The van der Waals surface area contributed by atoms with Crippen LogP contribution in [-0.4, -0.2) is 21.9 Å². The van der Waals surface area contributed by atoms with Crippen molar-refractivity contribution in [1.82, 2.24) is 0 Å². The molecule has 0 amide bonds. The van der Waals surface area contributed by atoms with Crippen LogP contribution in [0.3, 0.4) is 0 Å². The first-order valence-corrected chi connectivity index (χ1v) is 4.48. The second kappa shape index (κ2) is 5.33. The van der Waals surface area contributed by atoms with E-state index in [4.69, 9.17) is 0 Å². The molecule has 0 aliphatic heterocycles. The van der Waals surface area contributed by atoms with E-state index in [1.54, 1.807) is 6.08 Å². The summed E-state index contributed by atoms with van der Waals surface area (Å²) in [4.78, 5) is 0. The maximum absolute atomic E-state index is 9.90. The van der Waals surface area contributed by atoms with Crippen LogP contribution in [0.15, 0.2) is 12.2 Å². The highest BCUT2D eigenvalue weighted by atomic mass is 16.3. The van der Waals surface area contributed by atoms with Crippen LogP contribution in [0.25, 0.3) is 0 Å². The van der Waals surface area contributed by atoms with Crippen molar-refractivity contribution in [3.05, 3.63) is 19.1 Å². The predicted molar refractivity (Wildman–Crippen MR) is 50.7 cm³/mol. The average Bonchev–Trinajstić information content (AvgIpc) is 2.04. The van der Waals surface area contributed by atoms with Gasteiger partial charge in [0.25, 0.3) is 0 Å². The molecule has 12 heavy (non-hydrogen) atoms. The van der Waals surface area contributed by atoms with Crippen molar-refractivity contribution in [2.75, 3.05) is 0 Å². The Kier molecular flexibility index (Phi) is 5.18. The van der Waals surface area contributed by atoms with E-state index in [1.807, 2.05) is 13.8 Å². The fraction of sp³-hybridized carbons (Fsp3) is 0.700. The molecule has 0 spiro atoms. The molecule has 0 rings (SSSR count). The van der Waals surface area contributed by atoms with Crippen molar-refractivity contribution >= 4 is 0 Å². The molecule has 0 saturated heterocycles. The van der Waals surface area contributed by atoms with Crippen LogP contribution in [-0.2, 0) is 0 Å². The Hall–Kier alpha value is -0.340. The van der Waals surface area contributed by atoms with Gasteiger partial charge >= 0.3 is 0 Å². The zero-order chi connectivity index (χ0) is 9.61. The van der Waals surface area contributed by atoms with E-state index < -0.39 is 11.7 Å². The van der Waals surface area contributed by atoms with Gasteiger partial charge in [-0.15, -0.1) is 0 Å². The van der Waals surface area contributed by atoms with Crippen LogP contribution >= 0.6 is 0 Å². The second-order valence-electron chi connectivity index (χ2n) is 3.07. The van der Waals surface area contributed by atoms with Crippen molar-refractivity contribution in [2.24, 2.45) is 0 Å². The van der Waals surface area contributed by atoms with Crippen LogP contribution in [0, 0.1) is 6.92 Å². The zero-order valence-electron chi connectivity index (χ0n) is 7.95. The molecule has 2 atom stereocenters. The molecular weight excluding hydrogens is 152 g/mol. The summed E-state index contributed by atoms with van der Waals surface area (Å²) in [6, 6.07) is 0. The van der Waals surface area contributed by atoms with E-state index in [1.165, 1.54) is 6.08 Å². The Balaban J connectivity index is 4.36. The van der Waals surface area contributed by atoms with Crippen LogP contribution in [0.4, 0.5) is 0 Å². The molecule has 0 aliphatic rings. The third-order valence-electron chi connectivity index (χ3n) is 2.02. The van der Waals surface area contributed by atoms with Crippen molar-refractivity contribution in [3.8, 4) is 0 Å². The van der Waals surface area contributed by atoms with Gasteiger partial charge in [0.05, 0.1) is 6.10 Å². The monoisotopic (exact) mass is 171 g/mol. The number of aliphatic hydroxyl groups excluding tert-OH is 1. The van der Waals surface area contributed by atoms with Crippen LogP contribution in [0.5, 0.6) is 0 Å². The van der Waals surface area contributed by atoms with Gasteiger partial charge in [-0.05, 0) is 19.8 Å². The van der Waals surface area contributed by atoms with Gasteiger partial charge in [-0.25, -0.2) is 0 Å². The topological polar surface area (TPSA) is 40.5 Å². The Morgan fingerprint density at radius 1 is 1.50 bits per heavy atom. The Morgan fingerprint density at radius 3 is 2.42 bits per heavy atom. The minimum atomic E-state index is -1.08. The van der Waals surface area contributed by atoms with Crippen LogP contribution < -0.4 is 0 Å². The van der Waals surface area contributed by atoms with Gasteiger partial charge in [-0.2, -0.15) is 0 Å². The van der Waals surface area contributed by atoms with Gasteiger partial charge in [0, 0.05) is 0 Å². The normalized spacial score (nSPS) is 19.4.